The summed E-state index contributed by atoms with van der Waals surface area (Å²) in [6, 6.07) is -0.994. The molecule has 55 heavy (non-hydrogen) atoms. The van der Waals surface area contributed by atoms with Crippen molar-refractivity contribution in [2.45, 2.75) is 243 Å². The zero-order chi connectivity index (χ0) is 40.5. The van der Waals surface area contributed by atoms with Gasteiger partial charge in [-0.1, -0.05) is 179 Å². The lowest BCUT2D eigenvalue weighted by atomic mass is 9.99. The second-order valence-corrected chi connectivity index (χ2v) is 16.2. The molecule has 1 rings (SSSR count). The molecule has 8 atom stereocenters. The molecule has 1 heterocycles. The minimum absolute atomic E-state index is 0.307. The van der Waals surface area contributed by atoms with Crippen LogP contribution < -0.4 is 5.32 Å². The van der Waals surface area contributed by atoms with Crippen LogP contribution in [0.2, 0.25) is 0 Å². The molecule has 10 heteroatoms. The predicted molar refractivity (Wildman–Crippen MR) is 223 cm³/mol. The van der Waals surface area contributed by atoms with Gasteiger partial charge in [-0.05, 0) is 39.0 Å². The van der Waals surface area contributed by atoms with Gasteiger partial charge in [0.05, 0.1) is 25.4 Å². The van der Waals surface area contributed by atoms with E-state index in [1.54, 1.807) is 6.08 Å². The number of nitrogens with one attached hydrogen (secondary N) is 1. The fourth-order valence-corrected chi connectivity index (χ4v) is 7.18. The number of ether oxygens (including phenoxy) is 2. The Morgan fingerprint density at radius 1 is 0.691 bits per heavy atom. The molecule has 1 aliphatic rings. The van der Waals surface area contributed by atoms with Crippen LogP contribution in [0.5, 0.6) is 0 Å². The van der Waals surface area contributed by atoms with Crippen LogP contribution in [0, 0.1) is 0 Å². The van der Waals surface area contributed by atoms with Crippen molar-refractivity contribution in [2.24, 2.45) is 0 Å². The molecule has 324 valence electrons. The first-order chi connectivity index (χ1) is 26.7. The number of rotatable bonds is 36. The molecule has 0 spiro atoms. The van der Waals surface area contributed by atoms with Crippen molar-refractivity contribution >= 4 is 5.91 Å². The molecule has 10 nitrogen and oxygen atoms in total. The summed E-state index contributed by atoms with van der Waals surface area (Å²) in [5.74, 6) is -0.625. The van der Waals surface area contributed by atoms with Gasteiger partial charge in [0.15, 0.2) is 6.29 Å². The lowest BCUT2D eigenvalue weighted by molar-refractivity contribution is -0.302. The monoisotopic (exact) mass is 784 g/mol. The minimum atomic E-state index is -1.61. The van der Waals surface area contributed by atoms with Crippen molar-refractivity contribution in [3.63, 3.8) is 0 Å². The third-order valence-electron chi connectivity index (χ3n) is 11.0. The number of hydrogen-bond donors (Lipinski definition) is 7. The van der Waals surface area contributed by atoms with Crippen LogP contribution in [0.1, 0.15) is 194 Å². The molecule has 0 aliphatic carbocycles. The molecular formula is C45H85NO9. The van der Waals surface area contributed by atoms with E-state index in [9.17, 15) is 35.4 Å². The van der Waals surface area contributed by atoms with E-state index in [-0.39, 0.29) is 6.61 Å². The average molecular weight is 784 g/mol. The first-order valence-electron chi connectivity index (χ1n) is 22.6. The summed E-state index contributed by atoms with van der Waals surface area (Å²) < 4.78 is 11.1. The van der Waals surface area contributed by atoms with Crippen LogP contribution in [0.15, 0.2) is 23.8 Å². The normalized spacial score (nSPS) is 22.3. The Balaban J connectivity index is 2.50. The van der Waals surface area contributed by atoms with Crippen molar-refractivity contribution in [3.05, 3.63) is 23.8 Å². The lowest BCUT2D eigenvalue weighted by Gasteiger charge is -2.40. The van der Waals surface area contributed by atoms with Crippen molar-refractivity contribution < 1.29 is 44.9 Å². The number of unbranched alkanes of at least 4 members (excludes halogenated alkanes) is 22. The summed E-state index contributed by atoms with van der Waals surface area (Å²) in [5, 5.41) is 64.7. The number of carbonyl (C=O) groups excluding carboxylic acids is 1. The molecule has 4 unspecified atom stereocenters. The molecule has 1 aliphatic heterocycles. The molecule has 0 aromatic carbocycles. The van der Waals surface area contributed by atoms with Gasteiger partial charge < -0.3 is 45.4 Å². The Hall–Kier alpha value is -1.37. The van der Waals surface area contributed by atoms with Gasteiger partial charge >= 0.3 is 0 Å². The molecule has 0 bridgehead atoms. The fraction of sp³-hybridized carbons (Fsp3) is 0.889. The Morgan fingerprint density at radius 2 is 1.18 bits per heavy atom. The lowest BCUT2D eigenvalue weighted by Crippen LogP contribution is -2.60. The minimum Gasteiger partial charge on any atom is -0.394 e. The second-order valence-electron chi connectivity index (χ2n) is 16.2. The molecule has 0 saturated carbocycles. The SMILES string of the molecule is CCCCCCCCCCCCCCCCCCC(O)C(=O)N[C@@H](COC1OC(CO)[C@@H](O)C(O)[C@H]1O)[C@H](O)/C=C/CC/C=C(\C)CCCCCCCCC. The third kappa shape index (κ3) is 25.6. The van der Waals surface area contributed by atoms with E-state index < -0.39 is 61.5 Å². The highest BCUT2D eigenvalue weighted by molar-refractivity contribution is 5.80. The van der Waals surface area contributed by atoms with Crippen molar-refractivity contribution in [1.82, 2.24) is 5.32 Å². The van der Waals surface area contributed by atoms with Crippen LogP contribution in [0.25, 0.3) is 0 Å². The molecule has 1 fully saturated rings. The van der Waals surface area contributed by atoms with E-state index in [1.807, 2.05) is 6.08 Å². The molecule has 0 aromatic heterocycles. The Morgan fingerprint density at radius 3 is 1.69 bits per heavy atom. The number of hydrogen-bond acceptors (Lipinski definition) is 9. The van der Waals surface area contributed by atoms with Crippen molar-refractivity contribution in [1.29, 1.82) is 0 Å². The first-order valence-corrected chi connectivity index (χ1v) is 22.6. The number of allylic oxidation sites excluding steroid dienone is 3. The maximum atomic E-state index is 13.0. The fourth-order valence-electron chi connectivity index (χ4n) is 7.18. The van der Waals surface area contributed by atoms with Gasteiger partial charge in [0.25, 0.3) is 0 Å². The van der Waals surface area contributed by atoms with Crippen LogP contribution >= 0.6 is 0 Å². The highest BCUT2D eigenvalue weighted by atomic mass is 16.7. The summed E-state index contributed by atoms with van der Waals surface area (Å²) in [6.45, 7) is 5.73. The summed E-state index contributed by atoms with van der Waals surface area (Å²) in [6.07, 6.45) is 27.7. The standard InChI is InChI=1S/C45H85NO9/c1-4-6-8-10-12-13-14-15-16-17-18-19-20-22-24-28-33-39(49)44(53)46-37(35-54-45-43(52)42(51)41(50)40(34-47)55-45)38(48)32-29-25-27-31-36(3)30-26-23-21-11-9-7-5-2/h29,31-32,37-43,45,47-52H,4-28,30,33-35H2,1-3H3,(H,46,53)/b32-29+,36-31+/t37-,38+,39?,40?,41+,42?,43+,45?/m0/s1. The highest BCUT2D eigenvalue weighted by Crippen LogP contribution is 2.23. The van der Waals surface area contributed by atoms with Gasteiger partial charge in [0, 0.05) is 0 Å². The van der Waals surface area contributed by atoms with Crippen LogP contribution in [-0.2, 0) is 14.3 Å². The summed E-state index contributed by atoms with van der Waals surface area (Å²) in [5.41, 5.74) is 1.36. The zero-order valence-corrected chi connectivity index (χ0v) is 35.3. The van der Waals surface area contributed by atoms with Gasteiger partial charge in [0.2, 0.25) is 5.91 Å². The topological polar surface area (TPSA) is 169 Å². The van der Waals surface area contributed by atoms with Gasteiger partial charge in [-0.2, -0.15) is 0 Å². The van der Waals surface area contributed by atoms with Gasteiger partial charge in [-0.3, -0.25) is 4.79 Å². The van der Waals surface area contributed by atoms with Gasteiger partial charge in [-0.15, -0.1) is 0 Å². The van der Waals surface area contributed by atoms with E-state index in [4.69, 9.17) is 9.47 Å². The van der Waals surface area contributed by atoms with Crippen LogP contribution in [0.3, 0.4) is 0 Å². The highest BCUT2D eigenvalue weighted by Gasteiger charge is 2.44. The Kier molecular flexibility index (Phi) is 32.5. The quantitative estimate of drug-likeness (QED) is 0.0245. The van der Waals surface area contributed by atoms with E-state index in [0.29, 0.717) is 19.3 Å². The smallest absolute Gasteiger partial charge is 0.249 e. The van der Waals surface area contributed by atoms with Crippen LogP contribution in [-0.4, -0.2) is 98.7 Å². The van der Waals surface area contributed by atoms with E-state index >= 15 is 0 Å². The Labute approximate surface area is 335 Å². The van der Waals surface area contributed by atoms with Crippen molar-refractivity contribution in [3.8, 4) is 0 Å². The van der Waals surface area contributed by atoms with E-state index in [2.05, 4.69) is 32.2 Å². The summed E-state index contributed by atoms with van der Waals surface area (Å²) >= 11 is 0. The molecule has 1 amide bonds. The number of aliphatic hydroxyl groups is 6. The summed E-state index contributed by atoms with van der Waals surface area (Å²) in [7, 11) is 0. The van der Waals surface area contributed by atoms with Gasteiger partial charge in [-0.25, -0.2) is 0 Å². The first kappa shape index (κ1) is 51.6. The van der Waals surface area contributed by atoms with E-state index in [1.165, 1.54) is 128 Å². The molecule has 0 aromatic rings. The van der Waals surface area contributed by atoms with E-state index in [0.717, 1.165) is 32.1 Å². The predicted octanol–water partition coefficient (Wildman–Crippen LogP) is 8.08. The zero-order valence-electron chi connectivity index (χ0n) is 35.3. The molecule has 0 radical (unpaired) electrons. The summed E-state index contributed by atoms with van der Waals surface area (Å²) in [4.78, 5) is 13.0. The maximum absolute atomic E-state index is 13.0. The van der Waals surface area contributed by atoms with Crippen LogP contribution in [0.4, 0.5) is 0 Å². The number of carbonyl (C=O) groups is 1. The average Bonchev–Trinajstić information content (AvgIpc) is 3.18. The molecular weight excluding hydrogens is 698 g/mol. The Bertz CT molecular complexity index is 961. The number of amides is 1. The number of aliphatic hydroxyl groups excluding tert-OH is 6. The largest absolute Gasteiger partial charge is 0.394 e. The molecule has 7 N–H and O–H groups in total. The van der Waals surface area contributed by atoms with Crippen molar-refractivity contribution in [2.75, 3.05) is 13.2 Å². The second kappa shape index (κ2) is 34.7. The maximum Gasteiger partial charge on any atom is 0.249 e. The molecule has 1 saturated heterocycles. The third-order valence-corrected chi connectivity index (χ3v) is 11.0. The van der Waals surface area contributed by atoms with Gasteiger partial charge in [0.1, 0.15) is 30.5 Å².